The van der Waals surface area contributed by atoms with Crippen molar-refractivity contribution >= 4 is 22.5 Å². The van der Waals surface area contributed by atoms with Gasteiger partial charge in [0, 0.05) is 16.6 Å². The second-order valence-corrected chi connectivity index (χ2v) is 5.16. The van der Waals surface area contributed by atoms with Crippen molar-refractivity contribution in [2.75, 3.05) is 6.54 Å². The molecule has 0 bridgehead atoms. The number of nitrogens with zero attached hydrogens (tertiary/aromatic N) is 1. The van der Waals surface area contributed by atoms with Crippen molar-refractivity contribution in [1.82, 2.24) is 4.98 Å². The molecule has 1 heterocycles. The first-order chi connectivity index (χ1) is 10.3. The molecule has 1 aromatic heterocycles. The molecule has 0 aliphatic carbocycles. The van der Waals surface area contributed by atoms with Crippen molar-refractivity contribution < 1.29 is 4.74 Å². The lowest BCUT2D eigenvalue weighted by atomic mass is 10.1. The summed E-state index contributed by atoms with van der Waals surface area (Å²) in [4.78, 5) is 4.34. The summed E-state index contributed by atoms with van der Waals surface area (Å²) < 4.78 is 6.08. The molecule has 0 saturated heterocycles. The fraction of sp³-hybridized carbons (Fsp3) is 0.118. The van der Waals surface area contributed by atoms with Gasteiger partial charge in [-0.1, -0.05) is 17.7 Å². The molecule has 4 heteroatoms. The summed E-state index contributed by atoms with van der Waals surface area (Å²) in [7, 11) is 0. The monoisotopic (exact) mass is 298 g/mol. The van der Waals surface area contributed by atoms with Gasteiger partial charge in [0.2, 0.25) is 0 Å². The first-order valence-corrected chi connectivity index (χ1v) is 7.16. The summed E-state index contributed by atoms with van der Waals surface area (Å²) in [6.07, 6.45) is 2.49. The third kappa shape index (κ3) is 2.99. The maximum absolute atomic E-state index is 6.08. The fourth-order valence-corrected chi connectivity index (χ4v) is 2.48. The lowest BCUT2D eigenvalue weighted by molar-refractivity contribution is 0.481. The molecular weight excluding hydrogens is 284 g/mol. The molecule has 0 unspecified atom stereocenters. The molecule has 106 valence electrons. The number of ether oxygens (including phenoxy) is 1. The number of pyridine rings is 1. The Morgan fingerprint density at radius 2 is 1.95 bits per heavy atom. The molecule has 3 aromatic rings. The number of hydrogen-bond acceptors (Lipinski definition) is 3. The van der Waals surface area contributed by atoms with Crippen molar-refractivity contribution in [2.24, 2.45) is 5.73 Å². The molecule has 3 nitrogen and oxygen atoms in total. The van der Waals surface area contributed by atoms with Crippen LogP contribution in [0.25, 0.3) is 10.9 Å². The third-order valence-corrected chi connectivity index (χ3v) is 3.50. The summed E-state index contributed by atoms with van der Waals surface area (Å²) in [5.74, 6) is 1.56. The van der Waals surface area contributed by atoms with Gasteiger partial charge in [0.05, 0.1) is 5.52 Å². The lowest BCUT2D eigenvalue weighted by Crippen LogP contribution is -2.04. The molecule has 3 rings (SSSR count). The van der Waals surface area contributed by atoms with E-state index in [1.165, 1.54) is 0 Å². The van der Waals surface area contributed by atoms with E-state index in [1.54, 1.807) is 6.20 Å². The Morgan fingerprint density at radius 3 is 2.81 bits per heavy atom. The smallest absolute Gasteiger partial charge is 0.136 e. The van der Waals surface area contributed by atoms with E-state index in [2.05, 4.69) is 4.98 Å². The Balaban J connectivity index is 2.02. The second kappa shape index (κ2) is 6.12. The van der Waals surface area contributed by atoms with Gasteiger partial charge in [-0.25, -0.2) is 0 Å². The molecule has 0 radical (unpaired) electrons. The van der Waals surface area contributed by atoms with Gasteiger partial charge in [-0.3, -0.25) is 4.98 Å². The van der Waals surface area contributed by atoms with Crippen LogP contribution < -0.4 is 10.5 Å². The summed E-state index contributed by atoms with van der Waals surface area (Å²) in [5.41, 5.74) is 7.57. The molecule has 0 atom stereocenters. The molecule has 21 heavy (non-hydrogen) atoms. The maximum Gasteiger partial charge on any atom is 0.136 e. The quantitative estimate of drug-likeness (QED) is 0.786. The number of halogens is 1. The van der Waals surface area contributed by atoms with Crippen LogP contribution in [0.15, 0.2) is 54.7 Å². The summed E-state index contributed by atoms with van der Waals surface area (Å²) in [5, 5.41) is 1.67. The van der Waals surface area contributed by atoms with Gasteiger partial charge in [-0.05, 0) is 61.0 Å². The number of hydrogen-bond donors (Lipinski definition) is 1. The zero-order valence-electron chi connectivity index (χ0n) is 11.4. The highest BCUT2D eigenvalue weighted by Crippen LogP contribution is 2.32. The number of nitrogens with two attached hydrogens (primary N) is 1. The van der Waals surface area contributed by atoms with E-state index in [1.807, 2.05) is 48.5 Å². The minimum absolute atomic E-state index is 0.549. The van der Waals surface area contributed by atoms with E-state index in [0.29, 0.717) is 11.6 Å². The van der Waals surface area contributed by atoms with Crippen molar-refractivity contribution in [1.29, 1.82) is 0 Å². The predicted molar refractivity (Wildman–Crippen MR) is 86.0 cm³/mol. The van der Waals surface area contributed by atoms with Gasteiger partial charge in [-0.2, -0.15) is 0 Å². The molecule has 0 amide bonds. The average molecular weight is 299 g/mol. The zero-order valence-corrected chi connectivity index (χ0v) is 12.2. The van der Waals surface area contributed by atoms with Crippen molar-refractivity contribution in [3.63, 3.8) is 0 Å². The molecule has 0 spiro atoms. The van der Waals surface area contributed by atoms with Gasteiger partial charge < -0.3 is 10.5 Å². The van der Waals surface area contributed by atoms with Gasteiger partial charge in [0.25, 0.3) is 0 Å². The van der Waals surface area contributed by atoms with E-state index in [0.717, 1.165) is 34.4 Å². The molecular formula is C17H15ClN2O. The van der Waals surface area contributed by atoms with Gasteiger partial charge in [0.15, 0.2) is 0 Å². The van der Waals surface area contributed by atoms with Crippen molar-refractivity contribution in [3.8, 4) is 11.5 Å². The van der Waals surface area contributed by atoms with Gasteiger partial charge in [-0.15, -0.1) is 0 Å². The first kappa shape index (κ1) is 13.9. The van der Waals surface area contributed by atoms with Crippen LogP contribution in [0, 0.1) is 0 Å². The Labute approximate surface area is 128 Å². The van der Waals surface area contributed by atoms with Gasteiger partial charge in [0.1, 0.15) is 11.5 Å². The van der Waals surface area contributed by atoms with Crippen LogP contribution in [-0.4, -0.2) is 11.5 Å². The Kier molecular flexibility index (Phi) is 4.04. The van der Waals surface area contributed by atoms with E-state index < -0.39 is 0 Å². The number of benzene rings is 2. The normalized spacial score (nSPS) is 10.8. The van der Waals surface area contributed by atoms with Crippen LogP contribution >= 0.6 is 11.6 Å². The van der Waals surface area contributed by atoms with E-state index in [-0.39, 0.29) is 0 Å². The SMILES string of the molecule is NCCc1cc(Cl)ccc1Oc1cccc2ncccc12. The number of fused-ring (bicyclic) bond motifs is 1. The number of rotatable bonds is 4. The summed E-state index contributed by atoms with van der Waals surface area (Å²) >= 11 is 6.04. The second-order valence-electron chi connectivity index (χ2n) is 4.72. The third-order valence-electron chi connectivity index (χ3n) is 3.26. The fourth-order valence-electron chi connectivity index (χ4n) is 2.28. The molecule has 0 fully saturated rings. The molecule has 0 aliphatic rings. The topological polar surface area (TPSA) is 48.1 Å². The maximum atomic E-state index is 6.08. The van der Waals surface area contributed by atoms with Gasteiger partial charge >= 0.3 is 0 Å². The highest BCUT2D eigenvalue weighted by molar-refractivity contribution is 6.30. The summed E-state index contributed by atoms with van der Waals surface area (Å²) in [6.45, 7) is 0.549. The van der Waals surface area contributed by atoms with E-state index >= 15 is 0 Å². The average Bonchev–Trinajstić information content (AvgIpc) is 2.50. The largest absolute Gasteiger partial charge is 0.456 e. The standard InChI is InChI=1S/C17H15ClN2O/c18-13-6-7-16(12(11-13)8-9-19)21-17-5-1-4-15-14(17)3-2-10-20-15/h1-7,10-11H,8-9,19H2. The zero-order chi connectivity index (χ0) is 14.7. The Hall–Kier alpha value is -2.10. The first-order valence-electron chi connectivity index (χ1n) is 6.78. The molecule has 2 N–H and O–H groups in total. The minimum Gasteiger partial charge on any atom is -0.456 e. The highest BCUT2D eigenvalue weighted by Gasteiger charge is 2.08. The van der Waals surface area contributed by atoms with E-state index in [9.17, 15) is 0 Å². The van der Waals surface area contributed by atoms with Crippen LogP contribution in [0.2, 0.25) is 5.02 Å². The van der Waals surface area contributed by atoms with Crippen LogP contribution in [0.5, 0.6) is 11.5 Å². The predicted octanol–water partition coefficient (Wildman–Crippen LogP) is 4.18. The van der Waals surface area contributed by atoms with Crippen LogP contribution in [0.4, 0.5) is 0 Å². The van der Waals surface area contributed by atoms with Crippen molar-refractivity contribution in [3.05, 3.63) is 65.3 Å². The van der Waals surface area contributed by atoms with E-state index in [4.69, 9.17) is 22.1 Å². The highest BCUT2D eigenvalue weighted by atomic mass is 35.5. The summed E-state index contributed by atoms with van der Waals surface area (Å²) in [6, 6.07) is 15.3. The molecule has 2 aromatic carbocycles. The lowest BCUT2D eigenvalue weighted by Gasteiger charge is -2.12. The molecule has 0 aliphatic heterocycles. The molecule has 0 saturated carbocycles. The van der Waals surface area contributed by atoms with Crippen molar-refractivity contribution in [2.45, 2.75) is 6.42 Å². The minimum atomic E-state index is 0.549. The van der Waals surface area contributed by atoms with Crippen LogP contribution in [0.1, 0.15) is 5.56 Å². The van der Waals surface area contributed by atoms with Crippen LogP contribution in [-0.2, 0) is 6.42 Å². The number of aromatic nitrogens is 1. The Morgan fingerprint density at radius 1 is 1.05 bits per heavy atom. The van der Waals surface area contributed by atoms with Crippen LogP contribution in [0.3, 0.4) is 0 Å². The Bertz CT molecular complexity index is 768.